The first-order valence-corrected chi connectivity index (χ1v) is 9.00. The third-order valence-corrected chi connectivity index (χ3v) is 4.54. The van der Waals surface area contributed by atoms with Gasteiger partial charge in [0, 0.05) is 33.7 Å². The van der Waals surface area contributed by atoms with Crippen LogP contribution in [0.4, 0.5) is 16.0 Å². The molecule has 0 unspecified atom stereocenters. The van der Waals surface area contributed by atoms with E-state index in [-0.39, 0.29) is 11.7 Å². The first kappa shape index (κ1) is 19.1. The van der Waals surface area contributed by atoms with E-state index in [0.29, 0.717) is 31.1 Å². The summed E-state index contributed by atoms with van der Waals surface area (Å²) in [6.45, 7) is 5.18. The van der Waals surface area contributed by atoms with Crippen LogP contribution in [0.2, 0.25) is 0 Å². The average molecular weight is 372 g/mol. The van der Waals surface area contributed by atoms with E-state index in [1.165, 1.54) is 12.1 Å². The van der Waals surface area contributed by atoms with Crippen molar-refractivity contribution in [1.29, 1.82) is 0 Å². The number of benzene rings is 1. The van der Waals surface area contributed by atoms with Crippen molar-refractivity contribution in [3.05, 3.63) is 52.8 Å². The second-order valence-electron chi connectivity index (χ2n) is 6.80. The summed E-state index contributed by atoms with van der Waals surface area (Å²) in [5.74, 6) is 1.00. The largest absolute Gasteiger partial charge is 0.378 e. The third-order valence-electron chi connectivity index (χ3n) is 4.54. The van der Waals surface area contributed by atoms with Gasteiger partial charge in [-0.25, -0.2) is 9.37 Å². The van der Waals surface area contributed by atoms with Gasteiger partial charge in [0.2, 0.25) is 0 Å². The number of anilines is 2. The van der Waals surface area contributed by atoms with Crippen LogP contribution in [0.3, 0.4) is 0 Å². The number of nitrogens with zero attached hydrogens (tertiary/aromatic N) is 3. The first-order chi connectivity index (χ1) is 13.0. The van der Waals surface area contributed by atoms with E-state index >= 15 is 0 Å². The number of morpholine rings is 1. The molecule has 1 amide bonds. The van der Waals surface area contributed by atoms with Gasteiger partial charge < -0.3 is 19.9 Å². The van der Waals surface area contributed by atoms with Gasteiger partial charge in [0.25, 0.3) is 5.91 Å². The molecule has 7 heteroatoms. The number of halogens is 1. The first-order valence-electron chi connectivity index (χ1n) is 9.00. The Morgan fingerprint density at radius 3 is 2.56 bits per heavy atom. The van der Waals surface area contributed by atoms with Crippen LogP contribution in [0.15, 0.2) is 30.3 Å². The molecule has 0 saturated carbocycles. The Hall–Kier alpha value is -2.67. The van der Waals surface area contributed by atoms with Crippen molar-refractivity contribution in [3.8, 4) is 0 Å². The zero-order valence-electron chi connectivity index (χ0n) is 16.0. The molecular formula is C20H25FN4O2. The molecule has 1 aromatic carbocycles. The maximum absolute atomic E-state index is 13.0. The Morgan fingerprint density at radius 2 is 1.93 bits per heavy atom. The molecule has 1 fully saturated rings. The number of rotatable bonds is 5. The summed E-state index contributed by atoms with van der Waals surface area (Å²) in [6.07, 6.45) is 0. The number of pyridine rings is 1. The van der Waals surface area contributed by atoms with E-state index in [9.17, 15) is 9.18 Å². The van der Waals surface area contributed by atoms with E-state index in [1.54, 1.807) is 12.1 Å². The normalized spacial score (nSPS) is 14.1. The average Bonchev–Trinajstić information content (AvgIpc) is 2.67. The minimum absolute atomic E-state index is 0.193. The monoisotopic (exact) mass is 372 g/mol. The van der Waals surface area contributed by atoms with E-state index in [1.807, 2.05) is 32.0 Å². The molecule has 1 N–H and O–H groups in total. The standard InChI is InChI=1S/C20H25FN4O2/c1-14-12-17(25-8-10-27-11-9-25)23-19(24(2)3)18(14)20(26)22-13-15-4-6-16(21)7-5-15/h4-7,12H,8-11,13H2,1-3H3,(H,22,26). The summed E-state index contributed by atoms with van der Waals surface area (Å²) in [4.78, 5) is 21.6. The number of carbonyl (C=O) groups excluding carboxylic acids is 1. The zero-order chi connectivity index (χ0) is 19.4. The lowest BCUT2D eigenvalue weighted by Gasteiger charge is -2.29. The molecule has 1 saturated heterocycles. The Balaban J connectivity index is 1.82. The number of hydrogen-bond acceptors (Lipinski definition) is 5. The smallest absolute Gasteiger partial charge is 0.255 e. The molecule has 27 heavy (non-hydrogen) atoms. The molecule has 1 aromatic heterocycles. The van der Waals surface area contributed by atoms with Gasteiger partial charge in [-0.1, -0.05) is 12.1 Å². The molecule has 0 radical (unpaired) electrons. The molecular weight excluding hydrogens is 347 g/mol. The molecule has 144 valence electrons. The van der Waals surface area contributed by atoms with Crippen LogP contribution in [0.1, 0.15) is 21.5 Å². The van der Waals surface area contributed by atoms with Gasteiger partial charge >= 0.3 is 0 Å². The Labute approximate surface area is 158 Å². The van der Waals surface area contributed by atoms with Gasteiger partial charge in [-0.15, -0.1) is 0 Å². The number of nitrogens with one attached hydrogen (secondary N) is 1. The van der Waals surface area contributed by atoms with E-state index < -0.39 is 0 Å². The second kappa shape index (κ2) is 8.35. The third kappa shape index (κ3) is 4.54. The van der Waals surface area contributed by atoms with Crippen LogP contribution in [0.25, 0.3) is 0 Å². The highest BCUT2D eigenvalue weighted by molar-refractivity contribution is 6.00. The van der Waals surface area contributed by atoms with Crippen LogP contribution in [-0.4, -0.2) is 51.3 Å². The maximum Gasteiger partial charge on any atom is 0.255 e. The summed E-state index contributed by atoms with van der Waals surface area (Å²) in [5.41, 5.74) is 2.26. The van der Waals surface area contributed by atoms with Gasteiger partial charge in [-0.2, -0.15) is 0 Å². The lowest BCUT2D eigenvalue weighted by molar-refractivity contribution is 0.0950. The molecule has 0 spiro atoms. The van der Waals surface area contributed by atoms with Crippen molar-refractivity contribution in [1.82, 2.24) is 10.3 Å². The summed E-state index contributed by atoms with van der Waals surface area (Å²) in [5, 5.41) is 2.91. The number of aromatic nitrogens is 1. The zero-order valence-corrected chi connectivity index (χ0v) is 16.0. The van der Waals surface area contributed by atoms with Crippen LogP contribution < -0.4 is 15.1 Å². The van der Waals surface area contributed by atoms with Crippen LogP contribution in [-0.2, 0) is 11.3 Å². The van der Waals surface area contributed by atoms with E-state index in [4.69, 9.17) is 9.72 Å². The SMILES string of the molecule is Cc1cc(N2CCOCC2)nc(N(C)C)c1C(=O)NCc1ccc(F)cc1. The quantitative estimate of drug-likeness (QED) is 0.873. The predicted molar refractivity (Wildman–Crippen MR) is 104 cm³/mol. The number of ether oxygens (including phenoxy) is 1. The minimum atomic E-state index is -0.293. The fraction of sp³-hybridized carbons (Fsp3) is 0.400. The van der Waals surface area contributed by atoms with Gasteiger partial charge in [-0.3, -0.25) is 4.79 Å². The van der Waals surface area contributed by atoms with Crippen molar-refractivity contribution >= 4 is 17.5 Å². The highest BCUT2D eigenvalue weighted by atomic mass is 19.1. The fourth-order valence-electron chi connectivity index (χ4n) is 3.07. The predicted octanol–water partition coefficient (Wildman–Crippen LogP) is 2.36. The maximum atomic E-state index is 13.0. The van der Waals surface area contributed by atoms with Crippen molar-refractivity contribution in [3.63, 3.8) is 0 Å². The molecule has 0 bridgehead atoms. The number of aryl methyl sites for hydroxylation is 1. The Kier molecular flexibility index (Phi) is 5.91. The van der Waals surface area contributed by atoms with Gasteiger partial charge in [0.15, 0.2) is 0 Å². The summed E-state index contributed by atoms with van der Waals surface area (Å²) < 4.78 is 18.4. The lowest BCUT2D eigenvalue weighted by Crippen LogP contribution is -2.37. The van der Waals surface area contributed by atoms with Crippen molar-refractivity contribution < 1.29 is 13.9 Å². The summed E-state index contributed by atoms with van der Waals surface area (Å²) >= 11 is 0. The second-order valence-corrected chi connectivity index (χ2v) is 6.80. The van der Waals surface area contributed by atoms with Crippen LogP contribution in [0.5, 0.6) is 0 Å². The molecule has 6 nitrogen and oxygen atoms in total. The molecule has 2 heterocycles. The van der Waals surface area contributed by atoms with Crippen LogP contribution >= 0.6 is 0 Å². The number of amides is 1. The Morgan fingerprint density at radius 1 is 1.26 bits per heavy atom. The minimum Gasteiger partial charge on any atom is -0.378 e. The molecule has 0 aliphatic carbocycles. The molecule has 1 aliphatic heterocycles. The molecule has 0 atom stereocenters. The number of carbonyl (C=O) groups is 1. The van der Waals surface area contributed by atoms with Gasteiger partial charge in [-0.05, 0) is 36.2 Å². The number of hydrogen-bond donors (Lipinski definition) is 1. The fourth-order valence-corrected chi connectivity index (χ4v) is 3.07. The topological polar surface area (TPSA) is 57.7 Å². The highest BCUT2D eigenvalue weighted by Crippen LogP contribution is 2.26. The van der Waals surface area contributed by atoms with Crippen molar-refractivity contribution in [2.24, 2.45) is 0 Å². The lowest BCUT2D eigenvalue weighted by atomic mass is 10.1. The molecule has 3 rings (SSSR count). The Bertz CT molecular complexity index is 802. The van der Waals surface area contributed by atoms with Crippen molar-refractivity contribution in [2.75, 3.05) is 50.2 Å². The van der Waals surface area contributed by atoms with E-state index in [2.05, 4.69) is 10.2 Å². The molecule has 2 aromatic rings. The van der Waals surface area contributed by atoms with Crippen LogP contribution in [0, 0.1) is 12.7 Å². The summed E-state index contributed by atoms with van der Waals surface area (Å²) in [7, 11) is 3.75. The van der Waals surface area contributed by atoms with Gasteiger partial charge in [0.05, 0.1) is 18.8 Å². The van der Waals surface area contributed by atoms with Gasteiger partial charge in [0.1, 0.15) is 17.5 Å². The summed E-state index contributed by atoms with van der Waals surface area (Å²) in [6, 6.07) is 8.04. The van der Waals surface area contributed by atoms with E-state index in [0.717, 1.165) is 30.0 Å². The molecule has 1 aliphatic rings. The van der Waals surface area contributed by atoms with Crippen molar-refractivity contribution in [2.45, 2.75) is 13.5 Å². The highest BCUT2D eigenvalue weighted by Gasteiger charge is 2.21.